The Hall–Kier alpha value is -3.73. The Morgan fingerprint density at radius 1 is 0.974 bits per heavy atom. The van der Waals surface area contributed by atoms with Gasteiger partial charge in [-0.05, 0) is 86.8 Å². The highest BCUT2D eigenvalue weighted by atomic mass is 32.2. The molecule has 3 rings (SSSR count). The van der Waals surface area contributed by atoms with E-state index in [2.05, 4.69) is 5.32 Å². The van der Waals surface area contributed by atoms with E-state index in [0.717, 1.165) is 29.3 Å². The second-order valence-corrected chi connectivity index (χ2v) is 10.5. The van der Waals surface area contributed by atoms with Gasteiger partial charge in [0, 0.05) is 18.3 Å². The molecule has 0 unspecified atom stereocenters. The summed E-state index contributed by atoms with van der Waals surface area (Å²) in [4.78, 5) is 13.9. The Balaban J connectivity index is 1.87. The van der Waals surface area contributed by atoms with E-state index in [9.17, 15) is 26.4 Å². The van der Waals surface area contributed by atoms with Crippen molar-refractivity contribution in [3.05, 3.63) is 82.9 Å². The van der Waals surface area contributed by atoms with Crippen molar-refractivity contribution in [3.63, 3.8) is 0 Å². The van der Waals surface area contributed by atoms with Gasteiger partial charge in [0.25, 0.3) is 0 Å². The van der Waals surface area contributed by atoms with Gasteiger partial charge in [-0.25, -0.2) is 4.79 Å². The van der Waals surface area contributed by atoms with Crippen molar-refractivity contribution in [1.29, 1.82) is 0 Å². The summed E-state index contributed by atoms with van der Waals surface area (Å²) in [5, 5.41) is 2.87. The van der Waals surface area contributed by atoms with E-state index in [0.29, 0.717) is 17.3 Å². The van der Waals surface area contributed by atoms with E-state index in [1.54, 1.807) is 17.0 Å². The number of carbonyl (C=O) groups is 1. The van der Waals surface area contributed by atoms with Crippen LogP contribution in [-0.2, 0) is 22.8 Å². The molecule has 0 heterocycles. The van der Waals surface area contributed by atoms with Crippen LogP contribution in [0, 0.1) is 13.8 Å². The number of nitrogens with zero attached hydrogens (tertiary/aromatic N) is 1. The molecule has 0 saturated heterocycles. The SMILES string of the molecule is COc1ccc(CN(C(=O)Nc2ccc(C)c(C)c2)C(C)C)cc1OS(=O)(=O)c1cccc(C(F)(F)F)c1. The van der Waals surface area contributed by atoms with Crippen molar-refractivity contribution in [2.45, 2.75) is 51.4 Å². The summed E-state index contributed by atoms with van der Waals surface area (Å²) in [6.45, 7) is 7.67. The smallest absolute Gasteiger partial charge is 0.416 e. The number of benzene rings is 3. The lowest BCUT2D eigenvalue weighted by Gasteiger charge is -2.27. The number of rotatable bonds is 8. The van der Waals surface area contributed by atoms with Crippen LogP contribution in [0.25, 0.3) is 0 Å². The topological polar surface area (TPSA) is 84.9 Å². The summed E-state index contributed by atoms with van der Waals surface area (Å²) < 4.78 is 75.3. The molecule has 1 N–H and O–H groups in total. The number of amides is 2. The Morgan fingerprint density at radius 2 is 1.68 bits per heavy atom. The molecule has 3 aromatic carbocycles. The third kappa shape index (κ3) is 6.97. The van der Waals surface area contributed by atoms with Gasteiger partial charge < -0.3 is 19.1 Å². The molecular weight excluding hydrogens is 521 g/mol. The Kier molecular flexibility index (Phi) is 8.61. The maximum absolute atomic E-state index is 13.1. The van der Waals surface area contributed by atoms with Crippen molar-refractivity contribution < 1.29 is 35.3 Å². The van der Waals surface area contributed by atoms with Gasteiger partial charge in [0.15, 0.2) is 11.5 Å². The highest BCUT2D eigenvalue weighted by Crippen LogP contribution is 2.34. The number of anilines is 1. The summed E-state index contributed by atoms with van der Waals surface area (Å²) >= 11 is 0. The lowest BCUT2D eigenvalue weighted by Crippen LogP contribution is -2.39. The fraction of sp³-hybridized carbons (Fsp3) is 0.296. The van der Waals surface area contributed by atoms with Crippen LogP contribution in [0.4, 0.5) is 23.7 Å². The predicted molar refractivity (Wildman–Crippen MR) is 138 cm³/mol. The van der Waals surface area contributed by atoms with Crippen molar-refractivity contribution in [2.24, 2.45) is 0 Å². The maximum atomic E-state index is 13.1. The molecule has 38 heavy (non-hydrogen) atoms. The van der Waals surface area contributed by atoms with E-state index in [-0.39, 0.29) is 30.1 Å². The number of hydrogen-bond donors (Lipinski definition) is 1. The quantitative estimate of drug-likeness (QED) is 0.322. The molecular formula is C27H29F3N2O5S. The van der Waals surface area contributed by atoms with E-state index in [4.69, 9.17) is 8.92 Å². The van der Waals surface area contributed by atoms with Crippen LogP contribution in [-0.4, -0.2) is 32.5 Å². The van der Waals surface area contributed by atoms with E-state index >= 15 is 0 Å². The van der Waals surface area contributed by atoms with Gasteiger partial charge in [-0.1, -0.05) is 18.2 Å². The summed E-state index contributed by atoms with van der Waals surface area (Å²) in [6.07, 6.45) is -4.72. The van der Waals surface area contributed by atoms with Gasteiger partial charge >= 0.3 is 22.3 Å². The first-order chi connectivity index (χ1) is 17.7. The lowest BCUT2D eigenvalue weighted by molar-refractivity contribution is -0.137. The number of methoxy groups -OCH3 is 1. The maximum Gasteiger partial charge on any atom is 0.416 e. The third-order valence-corrected chi connectivity index (χ3v) is 7.10. The molecule has 0 aliphatic rings. The molecule has 0 fully saturated rings. The van der Waals surface area contributed by atoms with Gasteiger partial charge in [0.1, 0.15) is 4.90 Å². The zero-order valence-corrected chi connectivity index (χ0v) is 22.4. The largest absolute Gasteiger partial charge is 0.493 e. The summed E-state index contributed by atoms with van der Waals surface area (Å²) in [5.41, 5.74) is 2.15. The molecule has 0 spiro atoms. The van der Waals surface area contributed by atoms with Crippen LogP contribution in [0.3, 0.4) is 0 Å². The normalized spacial score (nSPS) is 11.8. The van der Waals surface area contributed by atoms with Crippen LogP contribution in [0.5, 0.6) is 11.5 Å². The third-order valence-electron chi connectivity index (χ3n) is 5.87. The van der Waals surface area contributed by atoms with Crippen molar-refractivity contribution in [2.75, 3.05) is 12.4 Å². The molecule has 0 saturated carbocycles. The van der Waals surface area contributed by atoms with Gasteiger partial charge in [-0.2, -0.15) is 21.6 Å². The number of ether oxygens (including phenoxy) is 1. The van der Waals surface area contributed by atoms with Gasteiger partial charge in [0.2, 0.25) is 0 Å². The molecule has 2 amide bonds. The Bertz CT molecular complexity index is 1420. The van der Waals surface area contributed by atoms with Gasteiger partial charge in [0.05, 0.1) is 12.7 Å². The Morgan fingerprint density at radius 3 is 2.29 bits per heavy atom. The molecule has 0 aliphatic heterocycles. The zero-order valence-electron chi connectivity index (χ0n) is 21.6. The van der Waals surface area contributed by atoms with Crippen molar-refractivity contribution in [1.82, 2.24) is 4.90 Å². The van der Waals surface area contributed by atoms with Crippen LogP contribution in [0.2, 0.25) is 0 Å². The predicted octanol–water partition coefficient (Wildman–Crippen LogP) is 6.54. The highest BCUT2D eigenvalue weighted by molar-refractivity contribution is 7.87. The van der Waals surface area contributed by atoms with Gasteiger partial charge in [-0.3, -0.25) is 0 Å². The fourth-order valence-electron chi connectivity index (χ4n) is 3.58. The average Bonchev–Trinajstić information content (AvgIpc) is 2.84. The number of urea groups is 1. The minimum Gasteiger partial charge on any atom is -0.493 e. The Labute approximate surface area is 220 Å². The van der Waals surface area contributed by atoms with Crippen molar-refractivity contribution >= 4 is 21.8 Å². The first-order valence-corrected chi connectivity index (χ1v) is 13.1. The molecule has 0 atom stereocenters. The molecule has 7 nitrogen and oxygen atoms in total. The summed E-state index contributed by atoms with van der Waals surface area (Å²) in [7, 11) is -3.33. The van der Waals surface area contributed by atoms with Crippen molar-refractivity contribution in [3.8, 4) is 11.5 Å². The molecule has 3 aromatic rings. The van der Waals surface area contributed by atoms with Gasteiger partial charge in [-0.15, -0.1) is 0 Å². The van der Waals surface area contributed by atoms with E-state index in [1.807, 2.05) is 39.8 Å². The number of nitrogens with one attached hydrogen (secondary N) is 1. The number of hydrogen-bond acceptors (Lipinski definition) is 5. The fourth-order valence-corrected chi connectivity index (χ4v) is 4.56. The average molecular weight is 551 g/mol. The molecule has 0 radical (unpaired) electrons. The molecule has 204 valence electrons. The van der Waals surface area contributed by atoms with E-state index in [1.165, 1.54) is 19.2 Å². The lowest BCUT2D eigenvalue weighted by atomic mass is 10.1. The summed E-state index contributed by atoms with van der Waals surface area (Å²) in [6, 6.07) is 12.7. The second kappa shape index (κ2) is 11.3. The van der Waals surface area contributed by atoms with Crippen LogP contribution in [0.1, 0.15) is 36.1 Å². The first kappa shape index (κ1) is 28.8. The van der Waals surface area contributed by atoms with Crippen LogP contribution < -0.4 is 14.2 Å². The summed E-state index contributed by atoms with van der Waals surface area (Å²) in [5.74, 6) is -0.166. The number of halogens is 3. The zero-order chi connectivity index (χ0) is 28.3. The van der Waals surface area contributed by atoms with Crippen LogP contribution >= 0.6 is 0 Å². The standard InChI is InChI=1S/C27H29F3N2O5S/c1-17(2)32(26(33)31-22-11-9-18(3)19(4)13-22)16-20-10-12-24(36-5)25(14-20)37-38(34,35)23-8-6-7-21(15-23)27(28,29)30/h6-15,17H,16H2,1-5H3,(H,31,33). The molecule has 0 bridgehead atoms. The van der Waals surface area contributed by atoms with Crippen LogP contribution in [0.15, 0.2) is 65.6 Å². The molecule has 0 aromatic heterocycles. The first-order valence-electron chi connectivity index (χ1n) is 11.6. The highest BCUT2D eigenvalue weighted by Gasteiger charge is 2.32. The minimum atomic E-state index is -4.72. The number of alkyl halides is 3. The monoisotopic (exact) mass is 550 g/mol. The molecule has 11 heteroatoms. The second-order valence-electron chi connectivity index (χ2n) is 9.00. The minimum absolute atomic E-state index is 0.0555. The van der Waals surface area contributed by atoms with E-state index < -0.39 is 26.8 Å². The molecule has 0 aliphatic carbocycles. The number of carbonyl (C=O) groups excluding carboxylic acids is 1. The number of aryl methyl sites for hydroxylation is 2.